The highest BCUT2D eigenvalue weighted by molar-refractivity contribution is 7.89. The molecule has 1 aromatic rings. The third-order valence-corrected chi connectivity index (χ3v) is 4.75. The topological polar surface area (TPSA) is 84.5 Å². The van der Waals surface area contributed by atoms with Gasteiger partial charge in [-0.2, -0.15) is 0 Å². The van der Waals surface area contributed by atoms with Crippen LogP contribution in [0.3, 0.4) is 0 Å². The average Bonchev–Trinajstić information content (AvgIpc) is 2.46. The first-order valence-corrected chi connectivity index (χ1v) is 9.81. The van der Waals surface area contributed by atoms with Gasteiger partial charge in [-0.3, -0.25) is 0 Å². The Kier molecular flexibility index (Phi) is 5.83. The molecule has 0 unspecified atom stereocenters. The number of nitrogens with two attached hydrogens (primary N) is 1. The molecule has 0 bridgehead atoms. The number of rotatable bonds is 5. The molecule has 0 radical (unpaired) electrons. The monoisotopic (exact) mass is 323 g/mol. The van der Waals surface area contributed by atoms with E-state index in [1.807, 2.05) is 24.3 Å². The zero-order valence-corrected chi connectivity index (χ0v) is 13.9. The van der Waals surface area contributed by atoms with Crippen LogP contribution >= 0.6 is 0 Å². The van der Waals surface area contributed by atoms with Crippen LogP contribution < -0.4 is 11.1 Å². The van der Waals surface area contributed by atoms with Gasteiger partial charge in [0.2, 0.25) is 0 Å². The lowest BCUT2D eigenvalue weighted by atomic mass is 9.96. The second-order valence-electron chi connectivity index (χ2n) is 6.02. The number of hydrogen-bond acceptors (Lipinski definition) is 3. The van der Waals surface area contributed by atoms with E-state index in [1.165, 1.54) is 25.5 Å². The molecular weight excluding hydrogens is 298 g/mol. The van der Waals surface area contributed by atoms with Crippen LogP contribution in [0, 0.1) is 0 Å². The van der Waals surface area contributed by atoms with E-state index in [1.54, 1.807) is 0 Å². The van der Waals surface area contributed by atoms with Crippen LogP contribution in [0.25, 0.3) is 0 Å². The lowest BCUT2D eigenvalue weighted by Crippen LogP contribution is -2.41. The molecule has 0 spiro atoms. The Labute approximate surface area is 132 Å². The highest BCUT2D eigenvalue weighted by Gasteiger charge is 2.13. The standard InChI is InChI=1S/C16H25N3O2S/c1-22(20,21)12-14-8-6-5-7-13(14)11-18-16(17)19-15-9-3-2-4-10-15/h5-8,15H,2-4,9-12H2,1H3,(H3,17,18,19). The second kappa shape index (κ2) is 7.63. The molecule has 0 saturated heterocycles. The van der Waals surface area contributed by atoms with Crippen LogP contribution in [0.2, 0.25) is 0 Å². The van der Waals surface area contributed by atoms with E-state index in [4.69, 9.17) is 5.73 Å². The molecule has 1 fully saturated rings. The first kappa shape index (κ1) is 16.8. The molecule has 0 amide bonds. The van der Waals surface area contributed by atoms with Crippen molar-refractivity contribution in [1.29, 1.82) is 0 Å². The van der Waals surface area contributed by atoms with Crippen LogP contribution in [0.1, 0.15) is 43.2 Å². The van der Waals surface area contributed by atoms with Gasteiger partial charge in [-0.05, 0) is 24.0 Å². The van der Waals surface area contributed by atoms with Crippen molar-refractivity contribution in [2.45, 2.75) is 50.4 Å². The maximum Gasteiger partial charge on any atom is 0.189 e. The van der Waals surface area contributed by atoms with Gasteiger partial charge in [0.25, 0.3) is 0 Å². The summed E-state index contributed by atoms with van der Waals surface area (Å²) in [6.07, 6.45) is 7.30. The summed E-state index contributed by atoms with van der Waals surface area (Å²) in [5.74, 6) is 0.482. The third kappa shape index (κ3) is 5.67. The average molecular weight is 323 g/mol. The number of benzene rings is 1. The van der Waals surface area contributed by atoms with Crippen LogP contribution in [-0.4, -0.2) is 26.7 Å². The minimum Gasteiger partial charge on any atom is -0.370 e. The SMILES string of the molecule is CS(=O)(=O)Cc1ccccc1CN=C(N)NC1CCCCC1. The molecule has 3 N–H and O–H groups in total. The number of nitrogens with one attached hydrogen (secondary N) is 1. The first-order valence-electron chi connectivity index (χ1n) is 7.75. The summed E-state index contributed by atoms with van der Waals surface area (Å²) >= 11 is 0. The highest BCUT2D eigenvalue weighted by atomic mass is 32.2. The summed E-state index contributed by atoms with van der Waals surface area (Å²) in [6.45, 7) is 0.400. The van der Waals surface area contributed by atoms with Crippen molar-refractivity contribution < 1.29 is 8.42 Å². The Hall–Kier alpha value is -1.56. The van der Waals surface area contributed by atoms with Gasteiger partial charge in [0.1, 0.15) is 0 Å². The number of guanidine groups is 1. The smallest absolute Gasteiger partial charge is 0.189 e. The minimum atomic E-state index is -3.06. The van der Waals surface area contributed by atoms with Gasteiger partial charge in [0.15, 0.2) is 15.8 Å². The van der Waals surface area contributed by atoms with E-state index in [0.717, 1.165) is 24.0 Å². The van der Waals surface area contributed by atoms with Crippen molar-refractivity contribution >= 4 is 15.8 Å². The summed E-state index contributed by atoms with van der Waals surface area (Å²) in [5.41, 5.74) is 7.65. The summed E-state index contributed by atoms with van der Waals surface area (Å²) in [5, 5.41) is 3.27. The van der Waals surface area contributed by atoms with Crippen LogP contribution in [0.4, 0.5) is 0 Å². The summed E-state index contributed by atoms with van der Waals surface area (Å²) < 4.78 is 23.0. The molecular formula is C16H25N3O2S. The van der Waals surface area contributed by atoms with E-state index >= 15 is 0 Å². The molecule has 6 heteroatoms. The molecule has 1 saturated carbocycles. The fraction of sp³-hybridized carbons (Fsp3) is 0.562. The van der Waals surface area contributed by atoms with E-state index in [9.17, 15) is 8.42 Å². The fourth-order valence-electron chi connectivity index (χ4n) is 2.81. The normalized spacial score (nSPS) is 17.4. The van der Waals surface area contributed by atoms with Crippen molar-refractivity contribution in [2.24, 2.45) is 10.7 Å². The van der Waals surface area contributed by atoms with Gasteiger partial charge in [-0.25, -0.2) is 13.4 Å². The number of sulfone groups is 1. The Morgan fingerprint density at radius 3 is 2.50 bits per heavy atom. The van der Waals surface area contributed by atoms with Crippen molar-refractivity contribution in [1.82, 2.24) is 5.32 Å². The molecule has 1 aliphatic rings. The molecule has 22 heavy (non-hydrogen) atoms. The first-order chi connectivity index (χ1) is 10.4. The second-order valence-corrected chi connectivity index (χ2v) is 8.16. The molecule has 0 aromatic heterocycles. The van der Waals surface area contributed by atoms with E-state index < -0.39 is 9.84 Å². The summed E-state index contributed by atoms with van der Waals surface area (Å²) in [4.78, 5) is 4.37. The molecule has 0 heterocycles. The lowest BCUT2D eigenvalue weighted by molar-refractivity contribution is 0.412. The zero-order valence-electron chi connectivity index (χ0n) is 13.1. The molecule has 2 rings (SSSR count). The largest absolute Gasteiger partial charge is 0.370 e. The molecule has 5 nitrogen and oxygen atoms in total. The number of hydrogen-bond donors (Lipinski definition) is 2. The van der Waals surface area contributed by atoms with E-state index in [2.05, 4.69) is 10.3 Å². The molecule has 0 atom stereocenters. The van der Waals surface area contributed by atoms with Gasteiger partial charge in [0.05, 0.1) is 12.3 Å². The van der Waals surface area contributed by atoms with Crippen molar-refractivity contribution in [2.75, 3.05) is 6.26 Å². The van der Waals surface area contributed by atoms with Gasteiger partial charge in [-0.1, -0.05) is 43.5 Å². The van der Waals surface area contributed by atoms with Gasteiger partial charge in [0, 0.05) is 12.3 Å². The maximum atomic E-state index is 11.5. The van der Waals surface area contributed by atoms with Gasteiger partial charge >= 0.3 is 0 Å². The summed E-state index contributed by atoms with van der Waals surface area (Å²) in [6, 6.07) is 7.89. The number of aliphatic imine (C=N–C) groups is 1. The zero-order chi connectivity index (χ0) is 16.0. The Morgan fingerprint density at radius 2 is 1.86 bits per heavy atom. The highest BCUT2D eigenvalue weighted by Crippen LogP contribution is 2.17. The predicted molar refractivity (Wildman–Crippen MR) is 90.3 cm³/mol. The Bertz CT molecular complexity index is 620. The molecule has 122 valence electrons. The molecule has 1 aromatic carbocycles. The van der Waals surface area contributed by atoms with Crippen molar-refractivity contribution in [3.05, 3.63) is 35.4 Å². The lowest BCUT2D eigenvalue weighted by Gasteiger charge is -2.23. The van der Waals surface area contributed by atoms with Crippen molar-refractivity contribution in [3.8, 4) is 0 Å². The minimum absolute atomic E-state index is 0.0364. The molecule has 0 aliphatic heterocycles. The Morgan fingerprint density at radius 1 is 1.23 bits per heavy atom. The van der Waals surface area contributed by atoms with Gasteiger partial charge in [-0.15, -0.1) is 0 Å². The van der Waals surface area contributed by atoms with Crippen LogP contribution in [0.15, 0.2) is 29.3 Å². The fourth-order valence-corrected chi connectivity index (χ4v) is 3.65. The third-order valence-electron chi connectivity index (χ3n) is 3.91. The quantitative estimate of drug-likeness (QED) is 0.641. The Balaban J connectivity index is 1.99. The van der Waals surface area contributed by atoms with Crippen LogP contribution in [-0.2, 0) is 22.1 Å². The van der Waals surface area contributed by atoms with E-state index in [0.29, 0.717) is 18.5 Å². The van der Waals surface area contributed by atoms with Gasteiger partial charge < -0.3 is 11.1 Å². The predicted octanol–water partition coefficient (Wildman–Crippen LogP) is 1.97. The summed E-state index contributed by atoms with van der Waals surface area (Å²) in [7, 11) is -3.06. The number of nitrogens with zero attached hydrogens (tertiary/aromatic N) is 1. The maximum absolute atomic E-state index is 11.5. The van der Waals surface area contributed by atoms with E-state index in [-0.39, 0.29) is 5.75 Å². The van der Waals surface area contributed by atoms with Crippen molar-refractivity contribution in [3.63, 3.8) is 0 Å². The molecule has 1 aliphatic carbocycles. The van der Waals surface area contributed by atoms with Crippen LogP contribution in [0.5, 0.6) is 0 Å².